The second-order valence-corrected chi connectivity index (χ2v) is 7.63. The van der Waals surface area contributed by atoms with Crippen molar-refractivity contribution in [3.8, 4) is 22.4 Å². The SMILES string of the molecule is COC(=O)c1n[nH]c(-c2ccc(S(C)(=O)=O)cc2)c1-c1ccc(F)cc1. The Hall–Kier alpha value is -3.00. The lowest BCUT2D eigenvalue weighted by Crippen LogP contribution is -2.03. The molecule has 0 aliphatic rings. The Balaban J connectivity index is 2.17. The van der Waals surface area contributed by atoms with E-state index in [0.29, 0.717) is 22.4 Å². The van der Waals surface area contributed by atoms with E-state index in [4.69, 9.17) is 4.74 Å². The van der Waals surface area contributed by atoms with Crippen LogP contribution < -0.4 is 0 Å². The molecule has 1 aromatic heterocycles. The Morgan fingerprint density at radius 1 is 1.04 bits per heavy atom. The van der Waals surface area contributed by atoms with E-state index in [0.717, 1.165) is 6.26 Å². The van der Waals surface area contributed by atoms with Crippen LogP contribution in [-0.4, -0.2) is 38.0 Å². The highest BCUT2D eigenvalue weighted by atomic mass is 32.2. The minimum atomic E-state index is -3.32. The summed E-state index contributed by atoms with van der Waals surface area (Å²) in [4.78, 5) is 12.2. The van der Waals surface area contributed by atoms with Crippen molar-refractivity contribution in [1.82, 2.24) is 10.2 Å². The normalized spacial score (nSPS) is 11.3. The lowest BCUT2D eigenvalue weighted by molar-refractivity contribution is 0.0595. The number of esters is 1. The number of aromatic amines is 1. The number of methoxy groups -OCH3 is 1. The number of nitrogens with one attached hydrogen (secondary N) is 1. The van der Waals surface area contributed by atoms with Gasteiger partial charge in [-0.25, -0.2) is 17.6 Å². The molecule has 1 N–H and O–H groups in total. The number of benzene rings is 2. The van der Waals surface area contributed by atoms with Gasteiger partial charge in [0.25, 0.3) is 0 Å². The first-order chi connectivity index (χ1) is 12.3. The molecular weight excluding hydrogens is 359 g/mol. The number of rotatable bonds is 4. The first-order valence-corrected chi connectivity index (χ1v) is 9.43. The average molecular weight is 374 g/mol. The highest BCUT2D eigenvalue weighted by Gasteiger charge is 2.22. The Labute approximate surface area is 149 Å². The van der Waals surface area contributed by atoms with Gasteiger partial charge in [-0.15, -0.1) is 0 Å². The van der Waals surface area contributed by atoms with Crippen molar-refractivity contribution >= 4 is 15.8 Å². The van der Waals surface area contributed by atoms with E-state index in [1.54, 1.807) is 12.1 Å². The van der Waals surface area contributed by atoms with Gasteiger partial charge in [-0.1, -0.05) is 24.3 Å². The zero-order chi connectivity index (χ0) is 18.9. The van der Waals surface area contributed by atoms with Crippen molar-refractivity contribution in [2.45, 2.75) is 4.90 Å². The Kier molecular flexibility index (Phi) is 4.60. The van der Waals surface area contributed by atoms with E-state index in [1.165, 1.54) is 43.5 Å². The first kappa shape index (κ1) is 17.8. The van der Waals surface area contributed by atoms with Crippen LogP contribution >= 0.6 is 0 Å². The van der Waals surface area contributed by atoms with Gasteiger partial charge in [0.1, 0.15) is 5.82 Å². The number of halogens is 1. The lowest BCUT2D eigenvalue weighted by atomic mass is 9.99. The van der Waals surface area contributed by atoms with E-state index in [1.807, 2.05) is 0 Å². The predicted molar refractivity (Wildman–Crippen MR) is 93.9 cm³/mol. The topological polar surface area (TPSA) is 89.1 Å². The van der Waals surface area contributed by atoms with Crippen LogP contribution in [0.5, 0.6) is 0 Å². The number of hydrogen-bond acceptors (Lipinski definition) is 5. The molecule has 8 heteroatoms. The summed E-state index contributed by atoms with van der Waals surface area (Å²) in [5.74, 6) is -1.05. The third kappa shape index (κ3) is 3.36. The maximum absolute atomic E-state index is 13.3. The number of carbonyl (C=O) groups excluding carboxylic acids is 1. The van der Waals surface area contributed by atoms with Crippen molar-refractivity contribution < 1.29 is 22.3 Å². The highest BCUT2D eigenvalue weighted by molar-refractivity contribution is 7.90. The molecule has 0 aliphatic carbocycles. The number of hydrogen-bond donors (Lipinski definition) is 1. The number of aromatic nitrogens is 2. The fourth-order valence-electron chi connectivity index (χ4n) is 2.56. The lowest BCUT2D eigenvalue weighted by Gasteiger charge is -2.07. The summed E-state index contributed by atoms with van der Waals surface area (Å²) in [5, 5.41) is 6.80. The van der Waals surface area contributed by atoms with Crippen LogP contribution in [0.1, 0.15) is 10.5 Å². The number of ether oxygens (including phenoxy) is 1. The molecule has 3 aromatic rings. The van der Waals surface area contributed by atoms with Gasteiger partial charge in [-0.2, -0.15) is 5.10 Å². The monoisotopic (exact) mass is 374 g/mol. The molecule has 0 fully saturated rings. The largest absolute Gasteiger partial charge is 0.464 e. The summed E-state index contributed by atoms with van der Waals surface area (Å²) in [6.45, 7) is 0. The Morgan fingerprint density at radius 2 is 1.62 bits per heavy atom. The molecule has 0 spiro atoms. The van der Waals surface area contributed by atoms with Crippen LogP contribution in [0.15, 0.2) is 53.4 Å². The summed E-state index contributed by atoms with van der Waals surface area (Å²) in [5.41, 5.74) is 2.20. The van der Waals surface area contributed by atoms with Gasteiger partial charge in [0.05, 0.1) is 17.7 Å². The number of nitrogens with zero attached hydrogens (tertiary/aromatic N) is 1. The van der Waals surface area contributed by atoms with Gasteiger partial charge in [0.2, 0.25) is 0 Å². The molecular formula is C18H15FN2O4S. The molecule has 0 amide bonds. The van der Waals surface area contributed by atoms with Crippen LogP contribution in [0.4, 0.5) is 4.39 Å². The smallest absolute Gasteiger partial charge is 0.359 e. The van der Waals surface area contributed by atoms with Crippen LogP contribution in [0.2, 0.25) is 0 Å². The van der Waals surface area contributed by atoms with E-state index in [2.05, 4.69) is 10.2 Å². The molecule has 0 radical (unpaired) electrons. The predicted octanol–water partition coefficient (Wildman–Crippen LogP) is 3.07. The Bertz CT molecular complexity index is 1060. The number of sulfone groups is 1. The fourth-order valence-corrected chi connectivity index (χ4v) is 3.19. The average Bonchev–Trinajstić information content (AvgIpc) is 3.06. The number of H-pyrrole nitrogens is 1. The summed E-state index contributed by atoms with van der Waals surface area (Å²) < 4.78 is 41.3. The molecule has 3 rings (SSSR count). The van der Waals surface area contributed by atoms with E-state index in [9.17, 15) is 17.6 Å². The van der Waals surface area contributed by atoms with Gasteiger partial charge in [0, 0.05) is 17.4 Å². The van der Waals surface area contributed by atoms with Crippen LogP contribution in [0.3, 0.4) is 0 Å². The van der Waals surface area contributed by atoms with Crippen LogP contribution in [0.25, 0.3) is 22.4 Å². The summed E-state index contributed by atoms with van der Waals surface area (Å²) >= 11 is 0. The zero-order valence-corrected chi connectivity index (χ0v) is 14.8. The quantitative estimate of drug-likeness (QED) is 0.709. The molecule has 0 unspecified atom stereocenters. The summed E-state index contributed by atoms with van der Waals surface area (Å²) in [6, 6.07) is 11.8. The highest BCUT2D eigenvalue weighted by Crippen LogP contribution is 2.34. The maximum atomic E-state index is 13.3. The summed E-state index contributed by atoms with van der Waals surface area (Å²) in [6.07, 6.45) is 1.12. The Morgan fingerprint density at radius 3 is 2.15 bits per heavy atom. The second kappa shape index (κ2) is 6.72. The molecule has 1 heterocycles. The third-order valence-corrected chi connectivity index (χ3v) is 4.98. The molecule has 0 aliphatic heterocycles. The standard InChI is InChI=1S/C18H15FN2O4S/c1-25-18(22)17-15(11-3-7-13(19)8-4-11)16(20-21-17)12-5-9-14(10-6-12)26(2,23)24/h3-10H,1-2H3,(H,20,21). The molecule has 2 aromatic carbocycles. The van der Waals surface area contributed by atoms with Gasteiger partial charge < -0.3 is 4.74 Å². The molecule has 0 atom stereocenters. The molecule has 134 valence electrons. The van der Waals surface area contributed by atoms with Gasteiger partial charge in [0.15, 0.2) is 15.5 Å². The second-order valence-electron chi connectivity index (χ2n) is 5.62. The van der Waals surface area contributed by atoms with E-state index in [-0.39, 0.29) is 10.6 Å². The van der Waals surface area contributed by atoms with Crippen molar-refractivity contribution in [2.24, 2.45) is 0 Å². The van der Waals surface area contributed by atoms with Crippen LogP contribution in [0, 0.1) is 5.82 Å². The van der Waals surface area contributed by atoms with Crippen molar-refractivity contribution in [3.63, 3.8) is 0 Å². The molecule has 6 nitrogen and oxygen atoms in total. The number of carbonyl (C=O) groups is 1. The van der Waals surface area contributed by atoms with Crippen molar-refractivity contribution in [3.05, 3.63) is 60.0 Å². The van der Waals surface area contributed by atoms with E-state index < -0.39 is 21.6 Å². The van der Waals surface area contributed by atoms with E-state index >= 15 is 0 Å². The van der Waals surface area contributed by atoms with Gasteiger partial charge >= 0.3 is 5.97 Å². The van der Waals surface area contributed by atoms with Gasteiger partial charge in [-0.05, 0) is 29.8 Å². The molecule has 0 bridgehead atoms. The van der Waals surface area contributed by atoms with Crippen molar-refractivity contribution in [2.75, 3.05) is 13.4 Å². The first-order valence-electron chi connectivity index (χ1n) is 7.54. The van der Waals surface area contributed by atoms with Crippen LogP contribution in [-0.2, 0) is 14.6 Å². The molecule has 26 heavy (non-hydrogen) atoms. The maximum Gasteiger partial charge on any atom is 0.359 e. The van der Waals surface area contributed by atoms with Gasteiger partial charge in [-0.3, -0.25) is 5.10 Å². The summed E-state index contributed by atoms with van der Waals surface area (Å²) in [7, 11) is -2.08. The molecule has 0 saturated carbocycles. The van der Waals surface area contributed by atoms with Crippen molar-refractivity contribution in [1.29, 1.82) is 0 Å². The minimum absolute atomic E-state index is 0.0568. The molecule has 0 saturated heterocycles. The third-order valence-electron chi connectivity index (χ3n) is 3.85. The fraction of sp³-hybridized carbons (Fsp3) is 0.111. The minimum Gasteiger partial charge on any atom is -0.464 e. The zero-order valence-electron chi connectivity index (χ0n) is 14.0.